The molecule has 0 amide bonds. The van der Waals surface area contributed by atoms with Gasteiger partial charge in [-0.25, -0.2) is 4.98 Å². The Hall–Kier alpha value is -1.36. The molecule has 5 heteroatoms. The molecule has 0 aliphatic heterocycles. The number of nitrogens with one attached hydrogen (secondary N) is 2. The van der Waals surface area contributed by atoms with E-state index in [0.717, 1.165) is 43.9 Å². The zero-order valence-electron chi connectivity index (χ0n) is 12.5. The van der Waals surface area contributed by atoms with Crippen LogP contribution in [0.4, 0.5) is 11.6 Å². The third-order valence-corrected chi connectivity index (χ3v) is 3.86. The second-order valence-corrected chi connectivity index (χ2v) is 6.00. The molecule has 20 heavy (non-hydrogen) atoms. The van der Waals surface area contributed by atoms with Gasteiger partial charge >= 0.3 is 0 Å². The minimum atomic E-state index is -0.605. The molecule has 2 rings (SSSR count). The third kappa shape index (κ3) is 4.34. The smallest absolute Gasteiger partial charge is 0.147 e. The molecule has 0 spiro atoms. The molecule has 0 saturated heterocycles. The van der Waals surface area contributed by atoms with Crippen LogP contribution in [0.3, 0.4) is 0 Å². The van der Waals surface area contributed by atoms with Gasteiger partial charge in [-0.15, -0.1) is 0 Å². The summed E-state index contributed by atoms with van der Waals surface area (Å²) in [4.78, 5) is 8.62. The SMILES string of the molecule is CCCNc1cncc(NCC2(O)CCCC(C)C2)n1. The molecule has 0 bridgehead atoms. The van der Waals surface area contributed by atoms with Crippen LogP contribution >= 0.6 is 0 Å². The van der Waals surface area contributed by atoms with Crippen molar-refractivity contribution in [1.29, 1.82) is 0 Å². The standard InChI is InChI=1S/C15H26N4O/c1-3-7-17-13-9-16-10-14(19-13)18-11-15(20)6-4-5-12(2)8-15/h9-10,12,20H,3-8,11H2,1-2H3,(H2,17,18,19). The van der Waals surface area contributed by atoms with Gasteiger partial charge in [-0.3, -0.25) is 4.98 Å². The van der Waals surface area contributed by atoms with Gasteiger partial charge in [-0.05, 0) is 25.2 Å². The molecule has 5 nitrogen and oxygen atoms in total. The monoisotopic (exact) mass is 278 g/mol. The first-order valence-electron chi connectivity index (χ1n) is 7.63. The fourth-order valence-corrected chi connectivity index (χ4v) is 2.84. The van der Waals surface area contributed by atoms with E-state index in [4.69, 9.17) is 0 Å². The van der Waals surface area contributed by atoms with Crippen LogP contribution in [-0.4, -0.2) is 33.8 Å². The Bertz CT molecular complexity index is 426. The molecule has 1 aromatic heterocycles. The molecule has 3 N–H and O–H groups in total. The van der Waals surface area contributed by atoms with Gasteiger partial charge in [-0.2, -0.15) is 0 Å². The number of aliphatic hydroxyl groups is 1. The maximum atomic E-state index is 10.6. The summed E-state index contributed by atoms with van der Waals surface area (Å²) in [5.41, 5.74) is -0.605. The van der Waals surface area contributed by atoms with Gasteiger partial charge < -0.3 is 15.7 Å². The summed E-state index contributed by atoms with van der Waals surface area (Å²) in [5.74, 6) is 2.10. The van der Waals surface area contributed by atoms with Gasteiger partial charge in [0.1, 0.15) is 11.6 Å². The van der Waals surface area contributed by atoms with Crippen LogP contribution in [0, 0.1) is 5.92 Å². The van der Waals surface area contributed by atoms with Crippen molar-refractivity contribution in [2.75, 3.05) is 23.7 Å². The number of anilines is 2. The van der Waals surface area contributed by atoms with Crippen LogP contribution in [0.25, 0.3) is 0 Å². The fourth-order valence-electron chi connectivity index (χ4n) is 2.84. The molecule has 0 aromatic carbocycles. The maximum absolute atomic E-state index is 10.6. The van der Waals surface area contributed by atoms with E-state index >= 15 is 0 Å². The summed E-state index contributed by atoms with van der Waals surface area (Å²) < 4.78 is 0. The van der Waals surface area contributed by atoms with Crippen molar-refractivity contribution in [3.05, 3.63) is 12.4 Å². The summed E-state index contributed by atoms with van der Waals surface area (Å²) in [6, 6.07) is 0. The molecule has 112 valence electrons. The number of hydrogen-bond donors (Lipinski definition) is 3. The zero-order valence-corrected chi connectivity index (χ0v) is 12.5. The van der Waals surface area contributed by atoms with Crippen LogP contribution in [0.1, 0.15) is 46.0 Å². The molecule has 1 fully saturated rings. The van der Waals surface area contributed by atoms with Crippen molar-refractivity contribution in [2.45, 2.75) is 51.6 Å². The molecule has 1 heterocycles. The van der Waals surface area contributed by atoms with E-state index in [2.05, 4.69) is 34.4 Å². The van der Waals surface area contributed by atoms with Gasteiger partial charge in [-0.1, -0.05) is 26.7 Å². The lowest BCUT2D eigenvalue weighted by Crippen LogP contribution is -2.41. The van der Waals surface area contributed by atoms with Crippen molar-refractivity contribution in [3.63, 3.8) is 0 Å². The van der Waals surface area contributed by atoms with E-state index in [9.17, 15) is 5.11 Å². The molecule has 2 unspecified atom stereocenters. The van der Waals surface area contributed by atoms with Crippen LogP contribution < -0.4 is 10.6 Å². The summed E-state index contributed by atoms with van der Waals surface area (Å²) in [7, 11) is 0. The highest BCUT2D eigenvalue weighted by molar-refractivity contribution is 5.41. The number of hydrogen-bond acceptors (Lipinski definition) is 5. The van der Waals surface area contributed by atoms with E-state index < -0.39 is 5.60 Å². The molecular formula is C15H26N4O. The largest absolute Gasteiger partial charge is 0.388 e. The molecule has 1 saturated carbocycles. The highest BCUT2D eigenvalue weighted by Crippen LogP contribution is 2.32. The molecule has 1 aliphatic carbocycles. The second kappa shape index (κ2) is 6.88. The Labute approximate surface area is 121 Å². The van der Waals surface area contributed by atoms with E-state index in [1.165, 1.54) is 6.42 Å². The highest BCUT2D eigenvalue weighted by atomic mass is 16.3. The molecule has 2 atom stereocenters. The van der Waals surface area contributed by atoms with Crippen molar-refractivity contribution in [3.8, 4) is 0 Å². The third-order valence-electron chi connectivity index (χ3n) is 3.86. The highest BCUT2D eigenvalue weighted by Gasteiger charge is 2.32. The van der Waals surface area contributed by atoms with Gasteiger partial charge in [0.15, 0.2) is 0 Å². The first-order valence-corrected chi connectivity index (χ1v) is 7.63. The number of rotatable bonds is 6. The van der Waals surface area contributed by atoms with Gasteiger partial charge in [0, 0.05) is 13.1 Å². The average molecular weight is 278 g/mol. The maximum Gasteiger partial charge on any atom is 0.147 e. The van der Waals surface area contributed by atoms with Crippen molar-refractivity contribution < 1.29 is 5.11 Å². The predicted molar refractivity (Wildman–Crippen MR) is 81.9 cm³/mol. The normalized spacial score (nSPS) is 26.2. The van der Waals surface area contributed by atoms with Crippen molar-refractivity contribution >= 4 is 11.6 Å². The minimum absolute atomic E-state index is 0.545. The molecular weight excluding hydrogens is 252 g/mol. The lowest BCUT2D eigenvalue weighted by Gasteiger charge is -2.35. The topological polar surface area (TPSA) is 70.1 Å². The van der Waals surface area contributed by atoms with Crippen LogP contribution in [0.2, 0.25) is 0 Å². The predicted octanol–water partition coefficient (Wildman–Crippen LogP) is 2.65. The average Bonchev–Trinajstić information content (AvgIpc) is 2.43. The minimum Gasteiger partial charge on any atom is -0.388 e. The van der Waals surface area contributed by atoms with E-state index in [0.29, 0.717) is 12.5 Å². The quantitative estimate of drug-likeness (QED) is 0.746. The lowest BCUT2D eigenvalue weighted by molar-refractivity contribution is -0.000829. The Morgan fingerprint density at radius 3 is 2.80 bits per heavy atom. The molecule has 0 radical (unpaired) electrons. The van der Waals surface area contributed by atoms with Crippen molar-refractivity contribution in [1.82, 2.24) is 9.97 Å². The van der Waals surface area contributed by atoms with Gasteiger partial charge in [0.05, 0.1) is 18.0 Å². The first kappa shape index (κ1) is 15.0. The Kier molecular flexibility index (Phi) is 5.17. The Morgan fingerprint density at radius 1 is 1.35 bits per heavy atom. The summed E-state index contributed by atoms with van der Waals surface area (Å²) in [6.45, 7) is 5.75. The molecule has 1 aliphatic rings. The lowest BCUT2D eigenvalue weighted by atomic mass is 9.79. The summed E-state index contributed by atoms with van der Waals surface area (Å²) >= 11 is 0. The fraction of sp³-hybridized carbons (Fsp3) is 0.733. The van der Waals surface area contributed by atoms with Gasteiger partial charge in [0.25, 0.3) is 0 Å². The van der Waals surface area contributed by atoms with E-state index in [-0.39, 0.29) is 0 Å². The molecule has 1 aromatic rings. The zero-order chi connectivity index (χ0) is 14.4. The first-order chi connectivity index (χ1) is 9.61. The van der Waals surface area contributed by atoms with E-state index in [1.54, 1.807) is 12.4 Å². The number of aromatic nitrogens is 2. The van der Waals surface area contributed by atoms with Crippen LogP contribution in [-0.2, 0) is 0 Å². The van der Waals surface area contributed by atoms with Crippen molar-refractivity contribution in [2.24, 2.45) is 5.92 Å². The van der Waals surface area contributed by atoms with Gasteiger partial charge in [0.2, 0.25) is 0 Å². The summed E-state index contributed by atoms with van der Waals surface area (Å²) in [6.07, 6.45) is 8.52. The second-order valence-electron chi connectivity index (χ2n) is 6.00. The Morgan fingerprint density at radius 2 is 2.10 bits per heavy atom. The van der Waals surface area contributed by atoms with Crippen LogP contribution in [0.5, 0.6) is 0 Å². The number of nitrogens with zero attached hydrogens (tertiary/aromatic N) is 2. The Balaban J connectivity index is 1.89. The van der Waals surface area contributed by atoms with Crippen LogP contribution in [0.15, 0.2) is 12.4 Å². The summed E-state index contributed by atoms with van der Waals surface area (Å²) in [5, 5.41) is 17.0. The van der Waals surface area contributed by atoms with E-state index in [1.807, 2.05) is 0 Å².